The average molecular weight is 252 g/mol. The Morgan fingerprint density at radius 1 is 1.41 bits per heavy atom. The lowest BCUT2D eigenvalue weighted by Crippen LogP contribution is -2.26. The molecule has 1 atom stereocenters. The Bertz CT molecular complexity index is 413. The van der Waals surface area contributed by atoms with Crippen LogP contribution >= 0.6 is 11.8 Å². The number of rotatable bonds is 3. The minimum Gasteiger partial charge on any atom is -0.385 e. The molecule has 1 rings (SSSR count). The first kappa shape index (κ1) is 13.5. The maximum atomic E-state index is 10.2. The predicted molar refractivity (Wildman–Crippen MR) is 72.0 cm³/mol. The molecule has 6 heteroatoms. The molecule has 1 unspecified atom stereocenters. The second-order valence-corrected chi connectivity index (χ2v) is 4.73. The number of nitrogens with one attached hydrogen (secondary N) is 1. The SMILES string of the molecule is CC(O)(CSC(=N)N=C(N)N)c1ccccc1. The highest BCUT2D eigenvalue weighted by Gasteiger charge is 2.23. The molecule has 5 nitrogen and oxygen atoms in total. The molecule has 0 radical (unpaired) electrons. The van der Waals surface area contributed by atoms with Crippen molar-refractivity contribution in [2.24, 2.45) is 16.5 Å². The molecule has 0 amide bonds. The Kier molecular flexibility index (Phi) is 4.53. The molecule has 1 aromatic rings. The predicted octanol–water partition coefficient (Wildman–Crippen LogP) is 0.835. The summed E-state index contributed by atoms with van der Waals surface area (Å²) < 4.78 is 0. The molecule has 92 valence electrons. The third-order valence-corrected chi connectivity index (χ3v) is 3.19. The lowest BCUT2D eigenvalue weighted by atomic mass is 9.99. The Hall–Kier alpha value is -1.53. The van der Waals surface area contributed by atoms with E-state index in [1.165, 1.54) is 0 Å². The summed E-state index contributed by atoms with van der Waals surface area (Å²) in [6.45, 7) is 1.69. The van der Waals surface area contributed by atoms with Crippen molar-refractivity contribution in [1.82, 2.24) is 0 Å². The number of aliphatic hydroxyl groups is 1. The van der Waals surface area contributed by atoms with Gasteiger partial charge < -0.3 is 16.6 Å². The molecule has 0 aliphatic carbocycles. The first-order chi connectivity index (χ1) is 7.92. The van der Waals surface area contributed by atoms with Crippen molar-refractivity contribution >= 4 is 22.9 Å². The minimum absolute atomic E-state index is 0.0128. The number of aliphatic imine (C=N–C) groups is 1. The first-order valence-corrected chi connectivity index (χ1v) is 5.99. The summed E-state index contributed by atoms with van der Waals surface area (Å²) in [5, 5.41) is 17.7. The van der Waals surface area contributed by atoms with Gasteiger partial charge in [0.15, 0.2) is 11.1 Å². The van der Waals surface area contributed by atoms with Crippen LogP contribution in [0.3, 0.4) is 0 Å². The van der Waals surface area contributed by atoms with Crippen molar-refractivity contribution in [3.63, 3.8) is 0 Å². The van der Waals surface area contributed by atoms with Crippen molar-refractivity contribution in [1.29, 1.82) is 5.41 Å². The third kappa shape index (κ3) is 4.46. The Balaban J connectivity index is 2.63. The molecule has 6 N–H and O–H groups in total. The van der Waals surface area contributed by atoms with E-state index < -0.39 is 5.60 Å². The van der Waals surface area contributed by atoms with Gasteiger partial charge in [0.1, 0.15) is 0 Å². The normalized spacial score (nSPS) is 13.8. The molecule has 0 heterocycles. The van der Waals surface area contributed by atoms with Crippen molar-refractivity contribution in [3.8, 4) is 0 Å². The van der Waals surface area contributed by atoms with Gasteiger partial charge in [0.2, 0.25) is 0 Å². The van der Waals surface area contributed by atoms with E-state index in [1.807, 2.05) is 30.3 Å². The molecule has 0 saturated heterocycles. The highest BCUT2D eigenvalue weighted by Crippen LogP contribution is 2.25. The van der Waals surface area contributed by atoms with Crippen LogP contribution in [0.5, 0.6) is 0 Å². The van der Waals surface area contributed by atoms with Crippen molar-refractivity contribution in [2.45, 2.75) is 12.5 Å². The summed E-state index contributed by atoms with van der Waals surface area (Å²) >= 11 is 1.09. The molecule has 0 saturated carbocycles. The third-order valence-electron chi connectivity index (χ3n) is 2.12. The summed E-state index contributed by atoms with van der Waals surface area (Å²) in [5.41, 5.74) is 10.1. The fourth-order valence-corrected chi connectivity index (χ4v) is 1.99. The van der Waals surface area contributed by atoms with Gasteiger partial charge in [0.05, 0.1) is 5.60 Å². The van der Waals surface area contributed by atoms with E-state index >= 15 is 0 Å². The molecule has 0 bridgehead atoms. The number of benzene rings is 1. The number of nitrogens with two attached hydrogens (primary N) is 2. The van der Waals surface area contributed by atoms with E-state index in [0.29, 0.717) is 5.75 Å². The Morgan fingerprint density at radius 2 is 2.00 bits per heavy atom. The van der Waals surface area contributed by atoms with Gasteiger partial charge in [-0.05, 0) is 12.5 Å². The smallest absolute Gasteiger partial charge is 0.193 e. The van der Waals surface area contributed by atoms with Crippen LogP contribution in [0, 0.1) is 5.41 Å². The van der Waals surface area contributed by atoms with Gasteiger partial charge in [0, 0.05) is 5.75 Å². The molecule has 0 fully saturated rings. The summed E-state index contributed by atoms with van der Waals surface area (Å²) in [6.07, 6.45) is 0. The molecule has 0 aliphatic heterocycles. The molecule has 0 aliphatic rings. The largest absolute Gasteiger partial charge is 0.385 e. The standard InChI is InChI=1S/C11H16N4OS/c1-11(16,8-5-3-2-4-6-8)7-17-10(14)15-9(12)13/h2-6,16H,7H2,1H3,(H5,12,13,14,15). The molecular formula is C11H16N4OS. The van der Waals surface area contributed by atoms with Gasteiger partial charge >= 0.3 is 0 Å². The van der Waals surface area contributed by atoms with E-state index in [2.05, 4.69) is 4.99 Å². The van der Waals surface area contributed by atoms with Crippen LogP contribution in [-0.4, -0.2) is 22.0 Å². The second kappa shape index (κ2) is 5.70. The van der Waals surface area contributed by atoms with Gasteiger partial charge in [-0.25, -0.2) is 0 Å². The molecule has 1 aromatic carbocycles. The fraction of sp³-hybridized carbons (Fsp3) is 0.273. The highest BCUT2D eigenvalue weighted by molar-refractivity contribution is 8.13. The second-order valence-electron chi connectivity index (χ2n) is 3.77. The number of nitrogens with zero attached hydrogens (tertiary/aromatic N) is 1. The van der Waals surface area contributed by atoms with Gasteiger partial charge in [0.25, 0.3) is 0 Å². The lowest BCUT2D eigenvalue weighted by molar-refractivity contribution is 0.0841. The molecule has 0 spiro atoms. The molecular weight excluding hydrogens is 236 g/mol. The topological polar surface area (TPSA) is 108 Å². The minimum atomic E-state index is -1.02. The quantitative estimate of drug-likeness (QED) is 0.472. The van der Waals surface area contributed by atoms with Crippen LogP contribution in [0.25, 0.3) is 0 Å². The number of thioether (sulfide) groups is 1. The fourth-order valence-electron chi connectivity index (χ4n) is 1.24. The van der Waals surface area contributed by atoms with E-state index in [0.717, 1.165) is 17.3 Å². The van der Waals surface area contributed by atoms with Gasteiger partial charge in [-0.1, -0.05) is 42.1 Å². The zero-order valence-electron chi connectivity index (χ0n) is 9.55. The van der Waals surface area contributed by atoms with Gasteiger partial charge in [-0.3, -0.25) is 5.41 Å². The highest BCUT2D eigenvalue weighted by atomic mass is 32.2. The van der Waals surface area contributed by atoms with Crippen molar-refractivity contribution in [3.05, 3.63) is 35.9 Å². The summed E-state index contributed by atoms with van der Waals surface area (Å²) in [6, 6.07) is 9.27. The van der Waals surface area contributed by atoms with Gasteiger partial charge in [-0.2, -0.15) is 4.99 Å². The zero-order chi connectivity index (χ0) is 12.9. The molecule has 0 aromatic heterocycles. The van der Waals surface area contributed by atoms with Crippen LogP contribution in [-0.2, 0) is 5.60 Å². The van der Waals surface area contributed by atoms with Crippen LogP contribution in [0.1, 0.15) is 12.5 Å². The number of guanidine groups is 1. The van der Waals surface area contributed by atoms with E-state index in [1.54, 1.807) is 6.92 Å². The van der Waals surface area contributed by atoms with Crippen LogP contribution in [0.15, 0.2) is 35.3 Å². The number of hydrogen-bond donors (Lipinski definition) is 4. The van der Waals surface area contributed by atoms with E-state index in [4.69, 9.17) is 16.9 Å². The Labute approximate surface area is 104 Å². The maximum Gasteiger partial charge on any atom is 0.193 e. The number of hydrogen-bond acceptors (Lipinski definition) is 3. The number of amidine groups is 1. The average Bonchev–Trinajstić information content (AvgIpc) is 2.27. The van der Waals surface area contributed by atoms with E-state index in [9.17, 15) is 5.11 Å². The zero-order valence-corrected chi connectivity index (χ0v) is 10.4. The van der Waals surface area contributed by atoms with Crippen LogP contribution in [0.4, 0.5) is 0 Å². The molecule has 17 heavy (non-hydrogen) atoms. The summed E-state index contributed by atoms with van der Waals surface area (Å²) in [5.74, 6) is 0.161. The van der Waals surface area contributed by atoms with Crippen molar-refractivity contribution in [2.75, 3.05) is 5.75 Å². The van der Waals surface area contributed by atoms with Crippen LogP contribution in [0.2, 0.25) is 0 Å². The lowest BCUT2D eigenvalue weighted by Gasteiger charge is -2.22. The first-order valence-electron chi connectivity index (χ1n) is 5.01. The summed E-state index contributed by atoms with van der Waals surface area (Å²) in [7, 11) is 0. The van der Waals surface area contributed by atoms with E-state index in [-0.39, 0.29) is 11.1 Å². The van der Waals surface area contributed by atoms with Gasteiger partial charge in [-0.15, -0.1) is 0 Å². The summed E-state index contributed by atoms with van der Waals surface area (Å²) in [4.78, 5) is 3.58. The monoisotopic (exact) mass is 252 g/mol. The van der Waals surface area contributed by atoms with Crippen molar-refractivity contribution < 1.29 is 5.11 Å². The van der Waals surface area contributed by atoms with Crippen LogP contribution < -0.4 is 11.5 Å². The Morgan fingerprint density at radius 3 is 2.53 bits per heavy atom. The maximum absolute atomic E-state index is 10.2.